The molecule has 0 unspecified atom stereocenters. The average Bonchev–Trinajstić information content (AvgIpc) is 2.06. The Balaban J connectivity index is -0.000000177. The summed E-state index contributed by atoms with van der Waals surface area (Å²) in [6.45, 7) is 1.76. The molecule has 0 fully saturated rings. The molecule has 0 aromatic rings. The predicted octanol–water partition coefficient (Wildman–Crippen LogP) is -1.00. The fraction of sp³-hybridized carbons (Fsp3) is 0.500. The average molecular weight is 227 g/mol. The van der Waals surface area contributed by atoms with E-state index in [1.54, 1.807) is 6.92 Å². The number of carboxylic acid groups (broad SMARTS) is 1. The lowest BCUT2D eigenvalue weighted by Gasteiger charge is -1.85. The number of hydrogen-bond donors (Lipinski definition) is 4. The van der Waals surface area contributed by atoms with Gasteiger partial charge in [0.15, 0.2) is 0 Å². The van der Waals surface area contributed by atoms with E-state index in [-0.39, 0.29) is 24.8 Å². The molecule has 0 saturated carbocycles. The van der Waals surface area contributed by atoms with Gasteiger partial charge in [-0.25, -0.2) is 4.79 Å². The highest BCUT2D eigenvalue weighted by molar-refractivity contribution is 6.32. The normalized spacial score (nSPS) is 7.21. The Hall–Kier alpha value is -1.50. The molecule has 7 nitrogen and oxygen atoms in total. The molecule has 0 amide bonds. The van der Waals surface area contributed by atoms with E-state index in [9.17, 15) is 9.59 Å². The Morgan fingerprint density at radius 3 is 1.79 bits per heavy atom. The fourth-order valence-electron chi connectivity index (χ4n) is 0.334. The Morgan fingerprint density at radius 1 is 1.36 bits per heavy atom. The molecule has 7 N–H and O–H groups in total. The van der Waals surface area contributed by atoms with E-state index in [1.807, 2.05) is 0 Å². The van der Waals surface area contributed by atoms with Gasteiger partial charge in [0, 0.05) is 6.42 Å². The van der Waals surface area contributed by atoms with Gasteiger partial charge in [0.1, 0.15) is 0 Å². The van der Waals surface area contributed by atoms with Gasteiger partial charge in [0.25, 0.3) is 0 Å². The molecule has 0 aromatic carbocycles. The first-order chi connectivity index (χ1) is 5.95. The molecule has 14 heavy (non-hydrogen) atoms. The van der Waals surface area contributed by atoms with Crippen LogP contribution in [0, 0.1) is 0 Å². The van der Waals surface area contributed by atoms with E-state index in [0.717, 1.165) is 0 Å². The molecular weight excluding hydrogens is 212 g/mol. The van der Waals surface area contributed by atoms with Gasteiger partial charge >= 0.3 is 5.97 Å². The van der Waals surface area contributed by atoms with Crippen molar-refractivity contribution in [1.82, 2.24) is 0 Å². The van der Waals surface area contributed by atoms with Crippen molar-refractivity contribution in [3.05, 3.63) is 0 Å². The van der Waals surface area contributed by atoms with Crippen molar-refractivity contribution in [2.45, 2.75) is 19.8 Å². The fourth-order valence-corrected chi connectivity index (χ4v) is 0.334. The zero-order valence-corrected chi connectivity index (χ0v) is 8.58. The quantitative estimate of drug-likeness (QED) is 0.160. The molecule has 0 saturated heterocycles. The van der Waals surface area contributed by atoms with Gasteiger partial charge < -0.3 is 22.4 Å². The molecule has 8 heteroatoms. The number of hydrogen-bond acceptors (Lipinski definition) is 4. The van der Waals surface area contributed by atoms with Crippen molar-refractivity contribution in [2.75, 3.05) is 0 Å². The highest BCUT2D eigenvalue weighted by atomic mass is 35.5. The van der Waals surface area contributed by atoms with E-state index in [2.05, 4.69) is 10.9 Å². The number of ketones is 1. The first kappa shape index (κ1) is 18.3. The van der Waals surface area contributed by atoms with E-state index in [1.165, 1.54) is 0 Å². The van der Waals surface area contributed by atoms with Crippen LogP contribution in [0.25, 0.3) is 0 Å². The van der Waals surface area contributed by atoms with Gasteiger partial charge in [-0.3, -0.25) is 4.79 Å². The van der Waals surface area contributed by atoms with Crippen molar-refractivity contribution in [3.8, 4) is 0 Å². The minimum Gasteiger partial charge on any atom is -0.476 e. The highest BCUT2D eigenvalue weighted by Crippen LogP contribution is 1.87. The zero-order chi connectivity index (χ0) is 10.9. The molecule has 0 bridgehead atoms. The van der Waals surface area contributed by atoms with E-state index in [4.69, 9.17) is 16.6 Å². The number of aliphatic carboxylic acids is 1. The number of nitrogens with two attached hydrogens (primary N) is 3. The number of carboxylic acids is 1. The van der Waals surface area contributed by atoms with Crippen molar-refractivity contribution in [1.29, 1.82) is 0 Å². The topological polar surface area (TPSA) is 145 Å². The predicted molar refractivity (Wildman–Crippen MR) is 54.8 cm³/mol. The Bertz CT molecular complexity index is 203. The minimum atomic E-state index is -1.33. The smallest absolute Gasteiger partial charge is 0.372 e. The summed E-state index contributed by atoms with van der Waals surface area (Å²) in [7, 11) is 0. The number of carbonyl (C=O) groups is 2. The summed E-state index contributed by atoms with van der Waals surface area (Å²) in [5.74, 6) is 2.39. The largest absolute Gasteiger partial charge is 0.476 e. The van der Waals surface area contributed by atoms with Gasteiger partial charge in [0.05, 0.1) is 0 Å². The third kappa shape index (κ3) is 16.8. The van der Waals surface area contributed by atoms with Gasteiger partial charge in [-0.15, -0.1) is 17.5 Å². The van der Waals surface area contributed by atoms with Crippen molar-refractivity contribution < 1.29 is 14.7 Å². The molecule has 84 valence electrons. The van der Waals surface area contributed by atoms with Crippen LogP contribution in [0.5, 0.6) is 0 Å². The standard InChI is InChI=1S/C5H8O3.CH6N4.ClH/c1-2-3-4(6)5(7)8;2-1(3)5-4;/h2-3H2,1H3,(H,7,8);4H2,(H4,2,3,5);1H. The van der Waals surface area contributed by atoms with E-state index in [0.29, 0.717) is 6.42 Å². The van der Waals surface area contributed by atoms with Crippen LogP contribution in [0.1, 0.15) is 19.8 Å². The van der Waals surface area contributed by atoms with Crippen LogP contribution in [0.3, 0.4) is 0 Å². The lowest BCUT2D eigenvalue weighted by molar-refractivity contribution is -0.149. The number of Topliss-reactive ketones (excluding diaryl/α,β-unsaturated/α-hetero) is 1. The maximum absolute atomic E-state index is 10.1. The third-order valence-corrected chi connectivity index (χ3v) is 0.865. The number of carbonyl (C=O) groups excluding carboxylic acids is 1. The monoisotopic (exact) mass is 226 g/mol. The summed E-state index contributed by atoms with van der Waals surface area (Å²) in [5.41, 5.74) is 9.39. The molecule has 0 aromatic heterocycles. The zero-order valence-electron chi connectivity index (χ0n) is 7.77. The van der Waals surface area contributed by atoms with Gasteiger partial charge in [0.2, 0.25) is 11.7 Å². The maximum Gasteiger partial charge on any atom is 0.372 e. The van der Waals surface area contributed by atoms with E-state index < -0.39 is 11.8 Å². The third-order valence-electron chi connectivity index (χ3n) is 0.865. The van der Waals surface area contributed by atoms with Crippen LogP contribution in [0.15, 0.2) is 5.10 Å². The first-order valence-corrected chi connectivity index (χ1v) is 3.50. The second-order valence-corrected chi connectivity index (χ2v) is 2.03. The number of hydrazone groups is 1. The highest BCUT2D eigenvalue weighted by Gasteiger charge is 2.07. The molecular formula is C6H15ClN4O3. The number of guanidine groups is 1. The van der Waals surface area contributed by atoms with Crippen LogP contribution in [-0.4, -0.2) is 22.8 Å². The molecule has 0 aliphatic carbocycles. The van der Waals surface area contributed by atoms with Crippen LogP contribution in [-0.2, 0) is 9.59 Å². The van der Waals surface area contributed by atoms with Crippen LogP contribution < -0.4 is 17.3 Å². The molecule has 0 radical (unpaired) electrons. The second-order valence-electron chi connectivity index (χ2n) is 2.03. The van der Waals surface area contributed by atoms with Crippen molar-refractivity contribution in [2.24, 2.45) is 22.4 Å². The summed E-state index contributed by atoms with van der Waals surface area (Å²) >= 11 is 0. The summed E-state index contributed by atoms with van der Waals surface area (Å²) < 4.78 is 0. The van der Waals surface area contributed by atoms with Gasteiger partial charge in [-0.2, -0.15) is 0 Å². The summed E-state index contributed by atoms with van der Waals surface area (Å²) in [5, 5.41) is 10.8. The minimum absolute atomic E-state index is 0. The summed E-state index contributed by atoms with van der Waals surface area (Å²) in [6.07, 6.45) is 0.750. The number of rotatable bonds is 3. The summed E-state index contributed by atoms with van der Waals surface area (Å²) in [6, 6.07) is 0. The Kier molecular flexibility index (Phi) is 15.0. The number of halogens is 1. The van der Waals surface area contributed by atoms with Gasteiger partial charge in [-0.05, 0) is 6.42 Å². The Morgan fingerprint density at radius 2 is 1.71 bits per heavy atom. The SMILES string of the molecule is CCCC(=O)C(=O)O.Cl.NN=C(N)N. The second kappa shape index (κ2) is 11.5. The number of nitrogens with zero attached hydrogens (tertiary/aromatic N) is 1. The van der Waals surface area contributed by atoms with Crippen LogP contribution in [0.2, 0.25) is 0 Å². The molecule has 0 aliphatic rings. The van der Waals surface area contributed by atoms with Crippen molar-refractivity contribution in [3.63, 3.8) is 0 Å². The molecule has 0 atom stereocenters. The van der Waals surface area contributed by atoms with E-state index >= 15 is 0 Å². The lowest BCUT2D eigenvalue weighted by atomic mass is 10.2. The molecule has 0 rings (SSSR count). The first-order valence-electron chi connectivity index (χ1n) is 3.50. The molecule has 0 aliphatic heterocycles. The molecule has 0 heterocycles. The van der Waals surface area contributed by atoms with Crippen molar-refractivity contribution >= 4 is 30.1 Å². The Labute approximate surface area is 87.7 Å². The lowest BCUT2D eigenvalue weighted by Crippen LogP contribution is -2.23. The summed E-state index contributed by atoms with van der Waals surface area (Å²) in [4.78, 5) is 19.9. The van der Waals surface area contributed by atoms with Crippen LogP contribution in [0.4, 0.5) is 0 Å². The van der Waals surface area contributed by atoms with Crippen LogP contribution >= 0.6 is 12.4 Å². The van der Waals surface area contributed by atoms with Gasteiger partial charge in [-0.1, -0.05) is 6.92 Å². The maximum atomic E-state index is 10.1. The molecule has 0 spiro atoms.